The second-order valence-corrected chi connectivity index (χ2v) is 14.3. The predicted octanol–water partition coefficient (Wildman–Crippen LogP) is 3.64. The number of carbonyl (C=O) groups is 2. The molecule has 0 fully saturated rings. The molecule has 0 aliphatic carbocycles. The zero-order valence-electron chi connectivity index (χ0n) is 16.7. The van der Waals surface area contributed by atoms with Crippen molar-refractivity contribution in [3.63, 3.8) is 0 Å². The average Bonchev–Trinajstić information content (AvgIpc) is 3.33. The van der Waals surface area contributed by atoms with Gasteiger partial charge in [0.25, 0.3) is 11.8 Å². The number of pyridine rings is 1. The summed E-state index contributed by atoms with van der Waals surface area (Å²) in [6, 6.07) is 8.97. The van der Waals surface area contributed by atoms with Crippen LogP contribution in [0.4, 0.5) is 0 Å². The molecule has 5 rings (SSSR count). The van der Waals surface area contributed by atoms with Gasteiger partial charge < -0.3 is 9.30 Å². The number of hydrogen-bond donors (Lipinski definition) is 1. The van der Waals surface area contributed by atoms with Crippen molar-refractivity contribution in [2.75, 3.05) is 6.61 Å². The Balaban J connectivity index is 1.77. The summed E-state index contributed by atoms with van der Waals surface area (Å²) in [6.45, 7) is 8.03. The van der Waals surface area contributed by atoms with Crippen molar-refractivity contribution in [3.05, 3.63) is 47.9 Å². The number of benzene rings is 1. The molecule has 0 spiro atoms. The Labute approximate surface area is 168 Å². The lowest BCUT2D eigenvalue weighted by Gasteiger charge is -2.16. The molecule has 2 amide bonds. The van der Waals surface area contributed by atoms with E-state index in [0.717, 1.165) is 27.8 Å². The first-order valence-electron chi connectivity index (χ1n) is 9.70. The summed E-state index contributed by atoms with van der Waals surface area (Å²) in [7, 11) is -1.19. The second kappa shape index (κ2) is 6.26. The second-order valence-electron chi connectivity index (χ2n) is 8.64. The van der Waals surface area contributed by atoms with Crippen LogP contribution in [0.5, 0.6) is 0 Å². The third-order valence-electron chi connectivity index (χ3n) is 5.44. The van der Waals surface area contributed by atoms with Gasteiger partial charge in [-0.2, -0.15) is 0 Å². The number of rotatable bonds is 5. The Hall–Kier alpha value is -2.97. The Morgan fingerprint density at radius 1 is 1.14 bits per heavy atom. The highest BCUT2D eigenvalue weighted by Gasteiger charge is 2.35. The first-order chi connectivity index (χ1) is 13.9. The van der Waals surface area contributed by atoms with Crippen LogP contribution in [0.2, 0.25) is 25.7 Å². The molecular formula is C21H22N4O3Si. The number of carbonyl (C=O) groups excluding carboxylic acids is 2. The van der Waals surface area contributed by atoms with E-state index in [1.54, 1.807) is 16.8 Å². The Morgan fingerprint density at radius 2 is 1.93 bits per heavy atom. The molecule has 3 aromatic heterocycles. The molecule has 148 valence electrons. The molecular weight excluding hydrogens is 384 g/mol. The molecule has 0 saturated heterocycles. The minimum atomic E-state index is -1.19. The summed E-state index contributed by atoms with van der Waals surface area (Å²) in [4.78, 5) is 29.7. The molecule has 1 aliphatic rings. The van der Waals surface area contributed by atoms with Crippen LogP contribution in [0.25, 0.3) is 27.5 Å². The molecule has 0 bridgehead atoms. The van der Waals surface area contributed by atoms with Gasteiger partial charge in [0.05, 0.1) is 16.6 Å². The van der Waals surface area contributed by atoms with Gasteiger partial charge in [0.15, 0.2) is 5.65 Å². The van der Waals surface area contributed by atoms with Crippen LogP contribution in [0, 0.1) is 0 Å². The first-order valence-corrected chi connectivity index (χ1v) is 13.4. The molecule has 29 heavy (non-hydrogen) atoms. The summed E-state index contributed by atoms with van der Waals surface area (Å²) in [6.07, 6.45) is 3.37. The van der Waals surface area contributed by atoms with Crippen molar-refractivity contribution in [2.24, 2.45) is 0 Å². The third kappa shape index (κ3) is 2.71. The monoisotopic (exact) mass is 406 g/mol. The van der Waals surface area contributed by atoms with Crippen LogP contribution in [0.3, 0.4) is 0 Å². The predicted molar refractivity (Wildman–Crippen MR) is 114 cm³/mol. The fourth-order valence-corrected chi connectivity index (χ4v) is 4.78. The van der Waals surface area contributed by atoms with Gasteiger partial charge in [-0.15, -0.1) is 0 Å². The number of hydrogen-bond acceptors (Lipinski definition) is 4. The fraction of sp³-hybridized carbons (Fsp3) is 0.286. The smallest absolute Gasteiger partial charge is 0.276 e. The van der Waals surface area contributed by atoms with Gasteiger partial charge in [-0.25, -0.2) is 4.98 Å². The number of ether oxygens (including phenoxy) is 1. The Bertz CT molecular complexity index is 1310. The molecule has 7 nitrogen and oxygen atoms in total. The molecule has 1 aromatic carbocycles. The van der Waals surface area contributed by atoms with Gasteiger partial charge in [-0.05, 0) is 12.1 Å². The standard InChI is InChI=1S/C21H22N4O3Si/c1-29(2,3)11-10-28-12-25-14-7-5-4-6-13(14)15-16-18(21(27)23-20(16)26)24-9-8-22-19(24)17(15)25/h4-9H,10-12H2,1-3H3,(H,23,26,27). The SMILES string of the molecule is C[Si](C)(C)CCOCn1c2ccccc2c2c3c(n4ccnc4c21)C(=O)NC3=O. The summed E-state index contributed by atoms with van der Waals surface area (Å²) in [5.41, 5.74) is 3.17. The maximum Gasteiger partial charge on any atom is 0.276 e. The van der Waals surface area contributed by atoms with Crippen LogP contribution in [-0.2, 0) is 11.5 Å². The van der Waals surface area contributed by atoms with E-state index in [-0.39, 0.29) is 5.91 Å². The average molecular weight is 407 g/mol. The number of amides is 2. The normalized spacial score (nSPS) is 14.3. The van der Waals surface area contributed by atoms with Gasteiger partial charge >= 0.3 is 0 Å². The van der Waals surface area contributed by atoms with E-state index in [0.29, 0.717) is 30.2 Å². The lowest BCUT2D eigenvalue weighted by Crippen LogP contribution is -2.22. The van der Waals surface area contributed by atoms with E-state index >= 15 is 0 Å². The van der Waals surface area contributed by atoms with Crippen LogP contribution < -0.4 is 5.32 Å². The number of aromatic nitrogens is 3. The molecule has 1 N–H and O–H groups in total. The maximum absolute atomic E-state index is 12.7. The lowest BCUT2D eigenvalue weighted by atomic mass is 10.1. The van der Waals surface area contributed by atoms with Crippen molar-refractivity contribution in [2.45, 2.75) is 32.4 Å². The molecule has 0 radical (unpaired) electrons. The van der Waals surface area contributed by atoms with Crippen LogP contribution in [0.15, 0.2) is 36.7 Å². The van der Waals surface area contributed by atoms with E-state index < -0.39 is 14.0 Å². The largest absolute Gasteiger partial charge is 0.361 e. The molecule has 8 heteroatoms. The number of imide groups is 1. The van der Waals surface area contributed by atoms with Crippen LogP contribution in [-0.4, -0.2) is 40.4 Å². The van der Waals surface area contributed by atoms with E-state index in [2.05, 4.69) is 34.5 Å². The molecule has 4 aromatic rings. The number of nitrogens with zero attached hydrogens (tertiary/aromatic N) is 3. The number of para-hydroxylation sites is 1. The van der Waals surface area contributed by atoms with Crippen molar-refractivity contribution < 1.29 is 14.3 Å². The van der Waals surface area contributed by atoms with E-state index in [1.807, 2.05) is 24.3 Å². The first kappa shape index (κ1) is 18.1. The zero-order chi connectivity index (χ0) is 20.3. The van der Waals surface area contributed by atoms with Gasteiger partial charge in [-0.1, -0.05) is 37.8 Å². The quantitative estimate of drug-likeness (QED) is 0.312. The summed E-state index contributed by atoms with van der Waals surface area (Å²) < 4.78 is 9.82. The zero-order valence-corrected chi connectivity index (χ0v) is 17.7. The van der Waals surface area contributed by atoms with Crippen molar-refractivity contribution in [1.29, 1.82) is 0 Å². The van der Waals surface area contributed by atoms with Crippen LogP contribution >= 0.6 is 0 Å². The van der Waals surface area contributed by atoms with Gasteiger partial charge in [0, 0.05) is 37.8 Å². The molecule has 1 aliphatic heterocycles. The van der Waals surface area contributed by atoms with Crippen molar-refractivity contribution in [3.8, 4) is 0 Å². The number of imidazole rings is 1. The van der Waals surface area contributed by atoms with Gasteiger partial charge in [-0.3, -0.25) is 19.3 Å². The highest BCUT2D eigenvalue weighted by atomic mass is 28.3. The lowest BCUT2D eigenvalue weighted by molar-refractivity contribution is 0.0877. The summed E-state index contributed by atoms with van der Waals surface area (Å²) >= 11 is 0. The van der Waals surface area contributed by atoms with Gasteiger partial charge in [0.2, 0.25) is 0 Å². The maximum atomic E-state index is 12.7. The third-order valence-corrected chi connectivity index (χ3v) is 7.14. The molecule has 0 atom stereocenters. The summed E-state index contributed by atoms with van der Waals surface area (Å²) in [5.74, 6) is -0.758. The van der Waals surface area contributed by atoms with Crippen LogP contribution in [0.1, 0.15) is 20.8 Å². The van der Waals surface area contributed by atoms with E-state index in [4.69, 9.17) is 4.74 Å². The van der Waals surface area contributed by atoms with E-state index in [1.165, 1.54) is 0 Å². The summed E-state index contributed by atoms with van der Waals surface area (Å²) in [5, 5.41) is 4.11. The number of nitrogens with one attached hydrogen (secondary N) is 1. The van der Waals surface area contributed by atoms with Gasteiger partial charge in [0.1, 0.15) is 12.4 Å². The minimum absolute atomic E-state index is 0.345. The Kier molecular flexibility index (Phi) is 3.91. The van der Waals surface area contributed by atoms with Crippen molar-refractivity contribution >= 4 is 47.3 Å². The highest BCUT2D eigenvalue weighted by molar-refractivity contribution is 6.76. The van der Waals surface area contributed by atoms with E-state index in [9.17, 15) is 9.59 Å². The fourth-order valence-electron chi connectivity index (χ4n) is 4.02. The molecule has 0 saturated carbocycles. The minimum Gasteiger partial charge on any atom is -0.361 e. The highest BCUT2D eigenvalue weighted by Crippen LogP contribution is 2.37. The Morgan fingerprint density at radius 3 is 2.72 bits per heavy atom. The molecule has 0 unspecified atom stereocenters. The molecule has 4 heterocycles. The van der Waals surface area contributed by atoms with Crippen molar-refractivity contribution in [1.82, 2.24) is 19.3 Å². The number of fused-ring (bicyclic) bond motifs is 8. The topological polar surface area (TPSA) is 77.6 Å².